The number of ether oxygens (including phenoxy) is 1. The molecule has 0 N–H and O–H groups in total. The van der Waals surface area contributed by atoms with E-state index < -0.39 is 0 Å². The van der Waals surface area contributed by atoms with Gasteiger partial charge in [0.25, 0.3) is 5.91 Å². The fourth-order valence-corrected chi connectivity index (χ4v) is 3.51. The first-order valence-corrected chi connectivity index (χ1v) is 10.4. The normalized spacial score (nSPS) is 11.0. The molecule has 1 aromatic heterocycles. The van der Waals surface area contributed by atoms with Gasteiger partial charge in [-0.25, -0.2) is 0 Å². The molecule has 0 aliphatic heterocycles. The van der Waals surface area contributed by atoms with Gasteiger partial charge in [-0.2, -0.15) is 5.10 Å². The van der Waals surface area contributed by atoms with E-state index in [1.807, 2.05) is 43.4 Å². The van der Waals surface area contributed by atoms with Crippen molar-refractivity contribution in [3.05, 3.63) is 81.6 Å². The third kappa shape index (κ3) is 5.26. The smallest absolute Gasteiger partial charge is 0.253 e. The van der Waals surface area contributed by atoms with Crippen molar-refractivity contribution >= 4 is 21.8 Å². The molecule has 1 heterocycles. The van der Waals surface area contributed by atoms with Gasteiger partial charge in [0.15, 0.2) is 0 Å². The highest BCUT2D eigenvalue weighted by molar-refractivity contribution is 9.10. The molecule has 0 unspecified atom stereocenters. The molecule has 0 saturated heterocycles. The lowest BCUT2D eigenvalue weighted by molar-refractivity contribution is 0.0781. The van der Waals surface area contributed by atoms with Gasteiger partial charge in [0, 0.05) is 19.7 Å². The van der Waals surface area contributed by atoms with Crippen LogP contribution in [0.25, 0.3) is 0 Å². The number of amides is 1. The minimum Gasteiger partial charge on any atom is -0.489 e. The average Bonchev–Trinajstić information content (AvgIpc) is 3.04. The summed E-state index contributed by atoms with van der Waals surface area (Å²) in [5.41, 5.74) is 3.83. The second-order valence-corrected chi connectivity index (χ2v) is 8.29. The number of carbonyl (C=O) groups excluding carboxylic acids is 1. The standard InChI is InChI=1S/C23H26BrN3O2/c1-16(2)18-8-10-20(11-9-18)29-15-17-6-5-7-19(12-17)23(28)26(3)14-22-21(24)13-25-27(22)4/h5-13,16H,14-15H2,1-4H3. The highest BCUT2D eigenvalue weighted by Crippen LogP contribution is 2.20. The summed E-state index contributed by atoms with van der Waals surface area (Å²) in [6, 6.07) is 15.7. The maximum absolute atomic E-state index is 12.9. The summed E-state index contributed by atoms with van der Waals surface area (Å²) < 4.78 is 8.56. The monoisotopic (exact) mass is 455 g/mol. The SMILES string of the molecule is CC(C)c1ccc(OCc2cccc(C(=O)N(C)Cc3c(Br)cnn3C)c2)cc1. The molecular formula is C23H26BrN3O2. The second-order valence-electron chi connectivity index (χ2n) is 7.44. The van der Waals surface area contributed by atoms with Gasteiger partial charge in [-0.3, -0.25) is 9.48 Å². The maximum atomic E-state index is 12.9. The van der Waals surface area contributed by atoms with Crippen molar-refractivity contribution in [1.82, 2.24) is 14.7 Å². The van der Waals surface area contributed by atoms with Crippen LogP contribution in [0.4, 0.5) is 0 Å². The molecule has 5 nitrogen and oxygen atoms in total. The molecule has 3 rings (SSSR count). The summed E-state index contributed by atoms with van der Waals surface area (Å²) in [6.07, 6.45) is 1.74. The van der Waals surface area contributed by atoms with E-state index in [9.17, 15) is 4.79 Å². The van der Waals surface area contributed by atoms with Crippen molar-refractivity contribution in [1.29, 1.82) is 0 Å². The van der Waals surface area contributed by atoms with Crippen LogP contribution in [0.5, 0.6) is 5.75 Å². The quantitative estimate of drug-likeness (QED) is 0.494. The minimum absolute atomic E-state index is 0.0405. The fourth-order valence-electron chi connectivity index (χ4n) is 3.04. The van der Waals surface area contributed by atoms with Gasteiger partial charge in [0.1, 0.15) is 12.4 Å². The molecule has 3 aromatic rings. The van der Waals surface area contributed by atoms with Gasteiger partial charge in [0.2, 0.25) is 0 Å². The summed E-state index contributed by atoms with van der Waals surface area (Å²) in [5, 5.41) is 4.20. The van der Waals surface area contributed by atoms with Crippen LogP contribution in [0, 0.1) is 0 Å². The molecule has 6 heteroatoms. The van der Waals surface area contributed by atoms with E-state index in [2.05, 4.69) is 47.0 Å². The lowest BCUT2D eigenvalue weighted by atomic mass is 10.0. The number of halogens is 1. The molecule has 0 bridgehead atoms. The summed E-state index contributed by atoms with van der Waals surface area (Å²) >= 11 is 3.48. The molecule has 0 atom stereocenters. The summed E-state index contributed by atoms with van der Waals surface area (Å²) in [6.45, 7) is 5.22. The van der Waals surface area contributed by atoms with E-state index >= 15 is 0 Å². The van der Waals surface area contributed by atoms with Crippen molar-refractivity contribution in [2.75, 3.05) is 7.05 Å². The number of benzene rings is 2. The van der Waals surface area contributed by atoms with E-state index in [0.717, 1.165) is 21.5 Å². The van der Waals surface area contributed by atoms with Crippen molar-refractivity contribution < 1.29 is 9.53 Å². The molecule has 0 radical (unpaired) electrons. The van der Waals surface area contributed by atoms with Crippen LogP contribution in [0.3, 0.4) is 0 Å². The van der Waals surface area contributed by atoms with Gasteiger partial charge in [-0.15, -0.1) is 0 Å². The maximum Gasteiger partial charge on any atom is 0.253 e. The van der Waals surface area contributed by atoms with Gasteiger partial charge >= 0.3 is 0 Å². The lowest BCUT2D eigenvalue weighted by Crippen LogP contribution is -2.27. The first-order valence-electron chi connectivity index (χ1n) is 9.58. The van der Waals surface area contributed by atoms with E-state index in [1.165, 1.54) is 5.56 Å². The zero-order valence-corrected chi connectivity index (χ0v) is 18.8. The van der Waals surface area contributed by atoms with Crippen LogP contribution >= 0.6 is 15.9 Å². The Hall–Kier alpha value is -2.60. The molecule has 0 spiro atoms. The Balaban J connectivity index is 1.64. The molecule has 0 saturated carbocycles. The van der Waals surface area contributed by atoms with E-state index in [1.54, 1.807) is 22.8 Å². The first kappa shape index (κ1) is 21.1. The van der Waals surface area contributed by atoms with Gasteiger partial charge < -0.3 is 9.64 Å². The first-order chi connectivity index (χ1) is 13.8. The number of nitrogens with zero attached hydrogens (tertiary/aromatic N) is 3. The van der Waals surface area contributed by atoms with Gasteiger partial charge in [-0.05, 0) is 57.2 Å². The summed E-state index contributed by atoms with van der Waals surface area (Å²) in [5.74, 6) is 1.28. The van der Waals surface area contributed by atoms with E-state index in [0.29, 0.717) is 24.6 Å². The third-order valence-electron chi connectivity index (χ3n) is 4.87. The summed E-state index contributed by atoms with van der Waals surface area (Å²) in [4.78, 5) is 14.5. The van der Waals surface area contributed by atoms with Crippen molar-refractivity contribution in [3.63, 3.8) is 0 Å². The van der Waals surface area contributed by atoms with E-state index in [-0.39, 0.29) is 5.91 Å². The Morgan fingerprint density at radius 2 is 1.93 bits per heavy atom. The Bertz CT molecular complexity index is 961. The highest BCUT2D eigenvalue weighted by Gasteiger charge is 2.16. The van der Waals surface area contributed by atoms with Gasteiger partial charge in [0.05, 0.1) is 22.9 Å². The number of hydrogen-bond donors (Lipinski definition) is 0. The predicted molar refractivity (Wildman–Crippen MR) is 118 cm³/mol. The molecular weight excluding hydrogens is 430 g/mol. The Morgan fingerprint density at radius 1 is 1.21 bits per heavy atom. The Morgan fingerprint density at radius 3 is 2.55 bits per heavy atom. The number of rotatable bonds is 7. The molecule has 0 aliphatic carbocycles. The molecule has 2 aromatic carbocycles. The Kier molecular flexibility index (Phi) is 6.75. The zero-order chi connectivity index (χ0) is 21.0. The predicted octanol–water partition coefficient (Wildman–Crippen LogP) is 5.16. The minimum atomic E-state index is -0.0405. The second kappa shape index (κ2) is 9.27. The largest absolute Gasteiger partial charge is 0.489 e. The number of aromatic nitrogens is 2. The third-order valence-corrected chi connectivity index (χ3v) is 5.53. The Labute approximate surface area is 180 Å². The van der Waals surface area contributed by atoms with Crippen molar-refractivity contribution in [2.24, 2.45) is 7.05 Å². The van der Waals surface area contributed by atoms with Gasteiger partial charge in [-0.1, -0.05) is 38.1 Å². The van der Waals surface area contributed by atoms with Crippen LogP contribution < -0.4 is 4.74 Å². The average molecular weight is 456 g/mol. The molecule has 0 fully saturated rings. The zero-order valence-electron chi connectivity index (χ0n) is 17.2. The van der Waals surface area contributed by atoms with E-state index in [4.69, 9.17) is 4.74 Å². The number of aryl methyl sites for hydroxylation is 1. The molecule has 0 aliphatic rings. The van der Waals surface area contributed by atoms with Crippen LogP contribution in [0.15, 0.2) is 59.2 Å². The van der Waals surface area contributed by atoms with Crippen LogP contribution in [0.2, 0.25) is 0 Å². The van der Waals surface area contributed by atoms with Crippen molar-refractivity contribution in [3.8, 4) is 5.75 Å². The molecule has 152 valence electrons. The number of hydrogen-bond acceptors (Lipinski definition) is 3. The fraction of sp³-hybridized carbons (Fsp3) is 0.304. The van der Waals surface area contributed by atoms with Crippen LogP contribution in [-0.4, -0.2) is 27.6 Å². The summed E-state index contributed by atoms with van der Waals surface area (Å²) in [7, 11) is 3.66. The number of carbonyl (C=O) groups is 1. The van der Waals surface area contributed by atoms with Crippen molar-refractivity contribution in [2.45, 2.75) is 32.9 Å². The molecule has 1 amide bonds. The van der Waals surface area contributed by atoms with Crippen LogP contribution in [-0.2, 0) is 20.2 Å². The topological polar surface area (TPSA) is 47.4 Å². The van der Waals surface area contributed by atoms with Crippen LogP contribution in [0.1, 0.15) is 46.9 Å². The highest BCUT2D eigenvalue weighted by atomic mass is 79.9. The molecule has 29 heavy (non-hydrogen) atoms. The lowest BCUT2D eigenvalue weighted by Gasteiger charge is -2.18.